The number of rotatable bonds is 3. The third-order valence-electron chi connectivity index (χ3n) is 5.16. The van der Waals surface area contributed by atoms with Crippen LogP contribution in [0, 0.1) is 0 Å². The first-order valence-corrected chi connectivity index (χ1v) is 11.7. The predicted octanol–water partition coefficient (Wildman–Crippen LogP) is 3.64. The molecule has 1 unspecified atom stereocenters. The van der Waals surface area contributed by atoms with Gasteiger partial charge in [0, 0.05) is 5.56 Å². The molecule has 0 spiro atoms. The van der Waals surface area contributed by atoms with Crippen LogP contribution >= 0.6 is 23.2 Å². The lowest BCUT2D eigenvalue weighted by Gasteiger charge is -2.27. The molecule has 0 aliphatic carbocycles. The first-order chi connectivity index (χ1) is 15.4. The number of benzene rings is 2. The lowest BCUT2D eigenvalue weighted by atomic mass is 10.2. The molecule has 1 aliphatic heterocycles. The monoisotopic (exact) mass is 490 g/mol. The minimum atomic E-state index is -4.01. The highest BCUT2D eigenvalue weighted by molar-refractivity contribution is 7.93. The van der Waals surface area contributed by atoms with E-state index in [0.717, 1.165) is 0 Å². The Labute approximate surface area is 193 Å². The Bertz CT molecular complexity index is 1440. The van der Waals surface area contributed by atoms with Gasteiger partial charge in [-0.25, -0.2) is 18.4 Å². The number of ether oxygens (including phenoxy) is 1. The Kier molecular flexibility index (Phi) is 5.17. The minimum Gasteiger partial charge on any atom is -0.398 e. The van der Waals surface area contributed by atoms with Crippen LogP contribution < -0.4 is 10.0 Å². The van der Waals surface area contributed by atoms with E-state index in [2.05, 4.69) is 15.0 Å². The number of nitrogens with zero attached hydrogens (tertiary/aromatic N) is 5. The summed E-state index contributed by atoms with van der Waals surface area (Å²) in [5.41, 5.74) is 8.06. The van der Waals surface area contributed by atoms with Crippen LogP contribution in [0.15, 0.2) is 59.8 Å². The number of nitrogens with two attached hydrogens (primary N) is 1. The molecule has 5 rings (SSSR count). The summed E-state index contributed by atoms with van der Waals surface area (Å²) in [4.78, 5) is 12.4. The van der Waals surface area contributed by atoms with E-state index in [-0.39, 0.29) is 34.2 Å². The van der Waals surface area contributed by atoms with Gasteiger partial charge in [-0.2, -0.15) is 4.98 Å². The van der Waals surface area contributed by atoms with Crippen LogP contribution in [0.1, 0.15) is 11.8 Å². The molecule has 2 aromatic heterocycles. The highest BCUT2D eigenvalue weighted by Gasteiger charge is 2.34. The Morgan fingerprint density at radius 3 is 2.62 bits per heavy atom. The molecule has 9 nitrogen and oxygen atoms in total. The van der Waals surface area contributed by atoms with Crippen molar-refractivity contribution in [3.8, 4) is 0 Å². The van der Waals surface area contributed by atoms with E-state index in [0.29, 0.717) is 22.4 Å². The number of hydrogen-bond acceptors (Lipinski definition) is 7. The van der Waals surface area contributed by atoms with Gasteiger partial charge in [0.25, 0.3) is 10.0 Å². The maximum absolute atomic E-state index is 13.7. The first kappa shape index (κ1) is 21.0. The average Bonchev–Trinajstić information content (AvgIpc) is 3.08. The summed E-state index contributed by atoms with van der Waals surface area (Å²) < 4.78 is 36.4. The van der Waals surface area contributed by atoms with Crippen molar-refractivity contribution in [2.45, 2.75) is 17.7 Å². The molecule has 2 aromatic carbocycles. The van der Waals surface area contributed by atoms with E-state index in [4.69, 9.17) is 33.7 Å². The second-order valence-electron chi connectivity index (χ2n) is 7.08. The molecule has 12 heteroatoms. The molecule has 1 atom stereocenters. The van der Waals surface area contributed by atoms with Gasteiger partial charge < -0.3 is 10.5 Å². The van der Waals surface area contributed by atoms with Crippen LogP contribution in [0.2, 0.25) is 10.4 Å². The normalized spacial score (nSPS) is 16.7. The largest absolute Gasteiger partial charge is 0.398 e. The molecule has 0 radical (unpaired) electrons. The van der Waals surface area contributed by atoms with Crippen LogP contribution in [0.25, 0.3) is 11.2 Å². The lowest BCUT2D eigenvalue weighted by molar-refractivity contribution is 0.00415. The van der Waals surface area contributed by atoms with E-state index < -0.39 is 16.3 Å². The summed E-state index contributed by atoms with van der Waals surface area (Å²) in [7, 11) is -4.01. The predicted molar refractivity (Wildman–Crippen MR) is 121 cm³/mol. The summed E-state index contributed by atoms with van der Waals surface area (Å²) in [5, 5.41) is 0.0416. The van der Waals surface area contributed by atoms with Crippen LogP contribution in [0.4, 0.5) is 11.4 Å². The number of aromatic nitrogens is 4. The number of fused-ring (bicyclic) bond motifs is 2. The summed E-state index contributed by atoms with van der Waals surface area (Å²) in [5.74, 6) is 0. The van der Waals surface area contributed by atoms with Crippen molar-refractivity contribution in [1.82, 2.24) is 19.5 Å². The third kappa shape index (κ3) is 3.45. The van der Waals surface area contributed by atoms with E-state index in [1.807, 2.05) is 12.1 Å². The number of para-hydroxylation sites is 2. The van der Waals surface area contributed by atoms with Gasteiger partial charge in [0.1, 0.15) is 10.4 Å². The van der Waals surface area contributed by atoms with Crippen molar-refractivity contribution < 1.29 is 13.2 Å². The minimum absolute atomic E-state index is 0.0133. The Balaban J connectivity index is 1.65. The third-order valence-corrected chi connectivity index (χ3v) is 7.45. The lowest BCUT2D eigenvalue weighted by Crippen LogP contribution is -2.36. The van der Waals surface area contributed by atoms with Crippen molar-refractivity contribution in [3.63, 3.8) is 0 Å². The van der Waals surface area contributed by atoms with Crippen LogP contribution in [-0.2, 0) is 21.4 Å². The zero-order valence-electron chi connectivity index (χ0n) is 16.4. The molecule has 164 valence electrons. The van der Waals surface area contributed by atoms with Crippen molar-refractivity contribution in [1.29, 1.82) is 0 Å². The fraction of sp³-hybridized carbons (Fsp3) is 0.150. The zero-order valence-corrected chi connectivity index (χ0v) is 18.7. The second kappa shape index (κ2) is 7.89. The highest BCUT2D eigenvalue weighted by Crippen LogP contribution is 2.35. The molecule has 0 bridgehead atoms. The van der Waals surface area contributed by atoms with Gasteiger partial charge in [0.05, 0.1) is 30.9 Å². The van der Waals surface area contributed by atoms with Crippen LogP contribution in [0.3, 0.4) is 0 Å². The smallest absolute Gasteiger partial charge is 0.266 e. The van der Waals surface area contributed by atoms with Gasteiger partial charge in [-0.15, -0.1) is 0 Å². The quantitative estimate of drug-likeness (QED) is 0.264. The summed E-state index contributed by atoms with van der Waals surface area (Å²) in [6.45, 7) is 0.113. The van der Waals surface area contributed by atoms with Crippen molar-refractivity contribution in [2.75, 3.05) is 16.6 Å². The SMILES string of the molecule is Nc1ccccc1S(=O)(=O)N1CC(n2cnc3c(Cl)nc(Cl)nc32)OCc2ccccc21. The summed E-state index contributed by atoms with van der Waals surface area (Å²) >= 11 is 12.1. The summed E-state index contributed by atoms with van der Waals surface area (Å²) in [6, 6.07) is 13.5. The maximum atomic E-state index is 13.7. The maximum Gasteiger partial charge on any atom is 0.266 e. The molecular formula is C20H16Cl2N6O3S. The number of nitrogen functional groups attached to an aromatic ring is 1. The average molecular weight is 491 g/mol. The van der Waals surface area contributed by atoms with Crippen LogP contribution in [0.5, 0.6) is 0 Å². The van der Waals surface area contributed by atoms with E-state index in [1.165, 1.54) is 16.7 Å². The van der Waals surface area contributed by atoms with Crippen molar-refractivity contribution >= 4 is 55.8 Å². The fourth-order valence-electron chi connectivity index (χ4n) is 3.65. The Hall–Kier alpha value is -2.92. The van der Waals surface area contributed by atoms with Crippen molar-refractivity contribution in [2.24, 2.45) is 0 Å². The molecule has 32 heavy (non-hydrogen) atoms. The van der Waals surface area contributed by atoms with Gasteiger partial charge in [-0.1, -0.05) is 41.9 Å². The van der Waals surface area contributed by atoms with E-state index >= 15 is 0 Å². The zero-order chi connectivity index (χ0) is 22.5. The van der Waals surface area contributed by atoms with Gasteiger partial charge in [-0.05, 0) is 29.8 Å². The number of imidazole rings is 1. The molecule has 3 heterocycles. The number of halogens is 2. The van der Waals surface area contributed by atoms with Gasteiger partial charge in [0.2, 0.25) is 5.28 Å². The molecular weight excluding hydrogens is 475 g/mol. The molecule has 0 saturated heterocycles. The number of sulfonamides is 1. The van der Waals surface area contributed by atoms with Gasteiger partial charge in [0.15, 0.2) is 17.0 Å². The van der Waals surface area contributed by atoms with Gasteiger partial charge in [-0.3, -0.25) is 8.87 Å². The highest BCUT2D eigenvalue weighted by atomic mass is 35.5. The number of hydrogen-bond donors (Lipinski definition) is 1. The standard InChI is InChI=1S/C20H16Cl2N6O3S/c21-18-17-19(26-20(22)25-18)27(11-24-17)16-9-28(14-7-3-1-5-12(14)10-31-16)32(29,30)15-8-4-2-6-13(15)23/h1-8,11,16H,9-10,23H2. The van der Waals surface area contributed by atoms with Crippen molar-refractivity contribution in [3.05, 3.63) is 70.9 Å². The Morgan fingerprint density at radius 2 is 1.81 bits per heavy atom. The molecule has 0 fully saturated rings. The fourth-order valence-corrected chi connectivity index (χ4v) is 5.69. The molecule has 4 aromatic rings. The van der Waals surface area contributed by atoms with E-state index in [9.17, 15) is 8.42 Å². The first-order valence-electron chi connectivity index (χ1n) is 9.48. The Morgan fingerprint density at radius 1 is 1.06 bits per heavy atom. The molecule has 2 N–H and O–H groups in total. The number of anilines is 2. The van der Waals surface area contributed by atoms with Crippen LogP contribution in [-0.4, -0.2) is 34.5 Å². The summed E-state index contributed by atoms with van der Waals surface area (Å²) in [6.07, 6.45) is 0.707. The molecule has 0 saturated carbocycles. The van der Waals surface area contributed by atoms with Gasteiger partial charge >= 0.3 is 0 Å². The molecule has 1 aliphatic rings. The molecule has 0 amide bonds. The topological polar surface area (TPSA) is 116 Å². The van der Waals surface area contributed by atoms with E-state index in [1.54, 1.807) is 34.9 Å². The second-order valence-corrected chi connectivity index (χ2v) is 9.60.